The number of benzene rings is 1. The average Bonchev–Trinajstić information content (AvgIpc) is 2.90. The van der Waals surface area contributed by atoms with E-state index in [1.54, 1.807) is 7.11 Å². The Balaban J connectivity index is 1.75. The molecule has 1 N–H and O–H groups in total. The van der Waals surface area contributed by atoms with Gasteiger partial charge in [-0.1, -0.05) is 6.07 Å². The smallest absolute Gasteiger partial charge is 0.174 e. The Bertz CT molecular complexity index is 695. The van der Waals surface area contributed by atoms with Crippen molar-refractivity contribution in [3.63, 3.8) is 0 Å². The number of thiocarbonyl (C=S) groups is 1. The van der Waals surface area contributed by atoms with Gasteiger partial charge in [0, 0.05) is 36.2 Å². The van der Waals surface area contributed by atoms with Gasteiger partial charge in [-0.25, -0.2) is 0 Å². The fraction of sp³-hybridized carbons (Fsp3) is 0.353. The SMILES string of the molecule is COc1cccc(NC(=S)N2CCn3c(C)ccc3[C@H]2C)c1. The van der Waals surface area contributed by atoms with Gasteiger partial charge >= 0.3 is 0 Å². The Labute approximate surface area is 136 Å². The molecule has 116 valence electrons. The molecule has 1 aliphatic rings. The lowest BCUT2D eigenvalue weighted by Crippen LogP contribution is -2.43. The van der Waals surface area contributed by atoms with Gasteiger partial charge in [0.15, 0.2) is 5.11 Å². The maximum absolute atomic E-state index is 5.61. The zero-order chi connectivity index (χ0) is 15.7. The number of anilines is 1. The number of nitrogens with one attached hydrogen (secondary N) is 1. The zero-order valence-corrected chi connectivity index (χ0v) is 14.0. The minimum Gasteiger partial charge on any atom is -0.497 e. The number of rotatable bonds is 2. The lowest BCUT2D eigenvalue weighted by atomic mass is 10.1. The van der Waals surface area contributed by atoms with Gasteiger partial charge < -0.3 is 19.5 Å². The van der Waals surface area contributed by atoms with Gasteiger partial charge in [0.2, 0.25) is 0 Å². The number of nitrogens with zero attached hydrogens (tertiary/aromatic N) is 2. The first-order chi connectivity index (χ1) is 10.6. The molecule has 5 heteroatoms. The fourth-order valence-electron chi connectivity index (χ4n) is 2.99. The Morgan fingerprint density at radius 1 is 1.27 bits per heavy atom. The lowest BCUT2D eigenvalue weighted by molar-refractivity contribution is 0.274. The van der Waals surface area contributed by atoms with Crippen LogP contribution in [0.2, 0.25) is 0 Å². The third-order valence-corrected chi connectivity index (χ3v) is 4.61. The van der Waals surface area contributed by atoms with Crippen LogP contribution in [0.5, 0.6) is 5.75 Å². The summed E-state index contributed by atoms with van der Waals surface area (Å²) in [6.45, 7) is 6.24. The van der Waals surface area contributed by atoms with Gasteiger partial charge in [-0.3, -0.25) is 0 Å². The summed E-state index contributed by atoms with van der Waals surface area (Å²) in [6, 6.07) is 12.5. The van der Waals surface area contributed by atoms with Crippen LogP contribution >= 0.6 is 12.2 Å². The highest BCUT2D eigenvalue weighted by Gasteiger charge is 2.26. The van der Waals surface area contributed by atoms with Crippen LogP contribution in [0.4, 0.5) is 5.69 Å². The van der Waals surface area contributed by atoms with E-state index in [-0.39, 0.29) is 6.04 Å². The van der Waals surface area contributed by atoms with Crippen molar-refractivity contribution in [2.45, 2.75) is 26.4 Å². The molecule has 1 aromatic carbocycles. The summed E-state index contributed by atoms with van der Waals surface area (Å²) in [5, 5.41) is 4.08. The average molecular weight is 315 g/mol. The van der Waals surface area contributed by atoms with Crippen LogP contribution < -0.4 is 10.1 Å². The molecule has 0 saturated heterocycles. The van der Waals surface area contributed by atoms with Crippen molar-refractivity contribution < 1.29 is 4.74 Å². The van der Waals surface area contributed by atoms with Crippen LogP contribution in [0.15, 0.2) is 36.4 Å². The molecular formula is C17H21N3OS. The number of methoxy groups -OCH3 is 1. The van der Waals surface area contributed by atoms with E-state index in [9.17, 15) is 0 Å². The van der Waals surface area contributed by atoms with Gasteiger partial charge in [-0.05, 0) is 50.3 Å². The van der Waals surface area contributed by atoms with Gasteiger partial charge in [0.1, 0.15) is 5.75 Å². The van der Waals surface area contributed by atoms with Crippen LogP contribution in [0.3, 0.4) is 0 Å². The molecule has 0 bridgehead atoms. The van der Waals surface area contributed by atoms with Gasteiger partial charge in [0.25, 0.3) is 0 Å². The monoisotopic (exact) mass is 315 g/mol. The Morgan fingerprint density at radius 3 is 2.86 bits per heavy atom. The molecule has 4 nitrogen and oxygen atoms in total. The quantitative estimate of drug-likeness (QED) is 0.858. The minimum absolute atomic E-state index is 0.271. The molecule has 1 aliphatic heterocycles. The number of hydrogen-bond donors (Lipinski definition) is 1. The molecule has 0 fully saturated rings. The Hall–Kier alpha value is -2.01. The summed E-state index contributed by atoms with van der Waals surface area (Å²) >= 11 is 5.61. The van der Waals surface area contributed by atoms with Crippen molar-refractivity contribution in [3.8, 4) is 5.75 Å². The molecule has 22 heavy (non-hydrogen) atoms. The van der Waals surface area contributed by atoms with Gasteiger partial charge in [-0.2, -0.15) is 0 Å². The largest absolute Gasteiger partial charge is 0.497 e. The van der Waals surface area contributed by atoms with Crippen molar-refractivity contribution in [2.24, 2.45) is 0 Å². The van der Waals surface area contributed by atoms with Gasteiger partial charge in [-0.15, -0.1) is 0 Å². The maximum Gasteiger partial charge on any atom is 0.174 e. The normalized spacial score (nSPS) is 17.0. The topological polar surface area (TPSA) is 29.4 Å². The van der Waals surface area contributed by atoms with Crippen molar-refractivity contribution in [2.75, 3.05) is 19.0 Å². The van der Waals surface area contributed by atoms with Crippen LogP contribution in [0.1, 0.15) is 24.4 Å². The number of hydrogen-bond acceptors (Lipinski definition) is 2. The van der Waals surface area contributed by atoms with Crippen LogP contribution in [-0.4, -0.2) is 28.2 Å². The van der Waals surface area contributed by atoms with Crippen LogP contribution in [0.25, 0.3) is 0 Å². The van der Waals surface area contributed by atoms with Gasteiger partial charge in [0.05, 0.1) is 13.2 Å². The first-order valence-corrected chi connectivity index (χ1v) is 7.88. The minimum atomic E-state index is 0.271. The lowest BCUT2D eigenvalue weighted by Gasteiger charge is -2.37. The highest BCUT2D eigenvalue weighted by Crippen LogP contribution is 2.28. The predicted octanol–water partition coefficient (Wildman–Crippen LogP) is 3.58. The summed E-state index contributed by atoms with van der Waals surface area (Å²) in [4.78, 5) is 2.24. The molecule has 0 spiro atoms. The second-order valence-corrected chi connectivity index (χ2v) is 5.97. The van der Waals surface area contributed by atoms with E-state index >= 15 is 0 Å². The summed E-state index contributed by atoms with van der Waals surface area (Å²) in [6.07, 6.45) is 0. The predicted molar refractivity (Wildman–Crippen MR) is 93.5 cm³/mol. The van der Waals surface area contributed by atoms with E-state index in [0.717, 1.165) is 29.6 Å². The molecule has 1 atom stereocenters. The van der Waals surface area contributed by atoms with E-state index in [2.05, 4.69) is 40.8 Å². The fourth-order valence-corrected chi connectivity index (χ4v) is 3.36. The molecule has 2 aromatic rings. The molecule has 0 aliphatic carbocycles. The summed E-state index contributed by atoms with van der Waals surface area (Å²) < 4.78 is 7.62. The summed E-state index contributed by atoms with van der Waals surface area (Å²) in [5.41, 5.74) is 3.58. The van der Waals surface area contributed by atoms with E-state index in [0.29, 0.717) is 0 Å². The first kappa shape index (κ1) is 14.9. The Morgan fingerprint density at radius 2 is 2.09 bits per heavy atom. The third kappa shape index (κ3) is 2.68. The number of aryl methyl sites for hydroxylation is 1. The van der Waals surface area contributed by atoms with Crippen LogP contribution in [0, 0.1) is 6.92 Å². The standard InChI is InChI=1S/C17H21N3OS/c1-12-7-8-16-13(2)20(10-9-19(12)16)17(22)18-14-5-4-6-15(11-14)21-3/h4-8,11,13H,9-10H2,1-3H3,(H,18,22)/t13-/m1/s1. The molecule has 0 radical (unpaired) electrons. The van der Waals surface area contributed by atoms with Crippen molar-refractivity contribution in [1.29, 1.82) is 0 Å². The zero-order valence-electron chi connectivity index (χ0n) is 13.2. The molecule has 0 amide bonds. The molecule has 0 saturated carbocycles. The second kappa shape index (κ2) is 6.01. The maximum atomic E-state index is 5.61. The van der Waals surface area contributed by atoms with E-state index in [4.69, 9.17) is 17.0 Å². The molecule has 1 aromatic heterocycles. The highest BCUT2D eigenvalue weighted by atomic mass is 32.1. The molecule has 3 rings (SSSR count). The van der Waals surface area contributed by atoms with E-state index in [1.165, 1.54) is 11.4 Å². The van der Waals surface area contributed by atoms with Crippen LogP contribution in [-0.2, 0) is 6.54 Å². The summed E-state index contributed by atoms with van der Waals surface area (Å²) in [5.74, 6) is 0.823. The Kier molecular flexibility index (Phi) is 4.07. The van der Waals surface area contributed by atoms with Crippen molar-refractivity contribution in [1.82, 2.24) is 9.47 Å². The number of fused-ring (bicyclic) bond motifs is 1. The molecule has 0 unspecified atom stereocenters. The first-order valence-electron chi connectivity index (χ1n) is 7.48. The van der Waals surface area contributed by atoms with Crippen molar-refractivity contribution in [3.05, 3.63) is 47.8 Å². The summed E-state index contributed by atoms with van der Waals surface area (Å²) in [7, 11) is 1.67. The van der Waals surface area contributed by atoms with E-state index < -0.39 is 0 Å². The third-order valence-electron chi connectivity index (χ3n) is 4.27. The number of aromatic nitrogens is 1. The molecule has 2 heterocycles. The molecular weight excluding hydrogens is 294 g/mol. The second-order valence-electron chi connectivity index (χ2n) is 5.58. The van der Waals surface area contributed by atoms with Crippen molar-refractivity contribution >= 4 is 23.0 Å². The highest BCUT2D eigenvalue weighted by molar-refractivity contribution is 7.80. The number of ether oxygens (including phenoxy) is 1. The van der Waals surface area contributed by atoms with E-state index in [1.807, 2.05) is 24.3 Å².